The van der Waals surface area contributed by atoms with E-state index >= 15 is 0 Å². The molecule has 0 fully saturated rings. The van der Waals surface area contributed by atoms with Crippen molar-refractivity contribution in [3.8, 4) is 56.8 Å². The molecule has 0 saturated heterocycles. The van der Waals surface area contributed by atoms with Gasteiger partial charge in [-0.15, -0.1) is 0 Å². The number of hydrogen-bond donors (Lipinski definition) is 0. The maximum absolute atomic E-state index is 9.64. The van der Waals surface area contributed by atoms with E-state index < -0.39 is 5.41 Å². The van der Waals surface area contributed by atoms with Crippen LogP contribution in [0.2, 0.25) is 0 Å². The Kier molecular flexibility index (Phi) is 6.97. The molecule has 0 atom stereocenters. The standard InChI is InChI=1S/C57H33N3O/c58-34-35-24-29-53-45(30-35)42-16-3-8-21-52(42)60(53)39-27-25-36(26-28-39)37-12-11-13-38(31-37)56-46-32-44-40-14-1-4-17-47(40)57(50(44)33-43(46)41-15-2-7-20-51(41)59-56)48-18-5-9-22-54(48)61-55-23-10-6-19-49(55)57/h1-33H. The van der Waals surface area contributed by atoms with E-state index in [1.807, 2.05) is 12.1 Å². The Bertz CT molecular complexity index is 3660. The second kappa shape index (κ2) is 12.6. The fourth-order valence-corrected chi connectivity index (χ4v) is 10.5. The lowest BCUT2D eigenvalue weighted by Crippen LogP contribution is -2.32. The summed E-state index contributed by atoms with van der Waals surface area (Å²) in [5, 5.41) is 15.3. The molecule has 0 amide bonds. The minimum absolute atomic E-state index is 0.555. The van der Waals surface area contributed by atoms with Crippen molar-refractivity contribution in [3.63, 3.8) is 0 Å². The Morgan fingerprint density at radius 3 is 1.92 bits per heavy atom. The Morgan fingerprint density at radius 2 is 1.11 bits per heavy atom. The molecule has 2 aliphatic rings. The molecule has 61 heavy (non-hydrogen) atoms. The SMILES string of the molecule is N#Cc1ccc2c(c1)c1ccccc1n2-c1ccc(-c2cccc(-c3nc4ccccc4c4cc5c(cc34)-c3ccccc3C53c4ccccc4Oc4ccccc43)c2)cc1. The number of aromatic nitrogens is 2. The van der Waals surface area contributed by atoms with Crippen molar-refractivity contribution in [1.82, 2.24) is 9.55 Å². The minimum Gasteiger partial charge on any atom is -0.457 e. The van der Waals surface area contributed by atoms with Gasteiger partial charge in [0.05, 0.1) is 39.3 Å². The number of fused-ring (bicyclic) bond motifs is 15. The van der Waals surface area contributed by atoms with Gasteiger partial charge in [-0.3, -0.25) is 0 Å². The number of hydrogen-bond acceptors (Lipinski definition) is 3. The number of para-hydroxylation sites is 4. The second-order valence-electron chi connectivity index (χ2n) is 16.1. The van der Waals surface area contributed by atoms with E-state index in [4.69, 9.17) is 9.72 Å². The lowest BCUT2D eigenvalue weighted by molar-refractivity contribution is 0.436. The number of nitriles is 1. The summed E-state index contributed by atoms with van der Waals surface area (Å²) >= 11 is 0. The number of pyridine rings is 1. The Balaban J connectivity index is 0.994. The molecule has 13 rings (SSSR count). The van der Waals surface area contributed by atoms with Gasteiger partial charge in [0, 0.05) is 43.9 Å². The molecule has 0 saturated carbocycles. The first-order valence-electron chi connectivity index (χ1n) is 20.7. The van der Waals surface area contributed by atoms with Gasteiger partial charge in [-0.1, -0.05) is 127 Å². The monoisotopic (exact) mass is 775 g/mol. The van der Waals surface area contributed by atoms with Gasteiger partial charge < -0.3 is 9.30 Å². The fourth-order valence-electron chi connectivity index (χ4n) is 10.5. The number of ether oxygens (including phenoxy) is 1. The highest BCUT2D eigenvalue weighted by molar-refractivity contribution is 6.14. The van der Waals surface area contributed by atoms with Gasteiger partial charge in [0.2, 0.25) is 0 Å². The van der Waals surface area contributed by atoms with Crippen molar-refractivity contribution >= 4 is 43.5 Å². The van der Waals surface area contributed by atoms with Gasteiger partial charge in [-0.2, -0.15) is 5.26 Å². The summed E-state index contributed by atoms with van der Waals surface area (Å²) in [6.07, 6.45) is 0. The zero-order valence-electron chi connectivity index (χ0n) is 32.8. The van der Waals surface area contributed by atoms with Crippen molar-refractivity contribution in [2.75, 3.05) is 0 Å². The van der Waals surface area contributed by atoms with E-state index in [-0.39, 0.29) is 0 Å². The van der Waals surface area contributed by atoms with Crippen LogP contribution in [0.5, 0.6) is 11.5 Å². The van der Waals surface area contributed by atoms with Crippen LogP contribution in [0, 0.1) is 11.3 Å². The zero-order valence-corrected chi connectivity index (χ0v) is 32.8. The summed E-state index contributed by atoms with van der Waals surface area (Å²) in [7, 11) is 0. The Labute approximate surface area is 351 Å². The molecule has 0 unspecified atom stereocenters. The highest BCUT2D eigenvalue weighted by Crippen LogP contribution is 2.62. The van der Waals surface area contributed by atoms with Crippen LogP contribution in [0.15, 0.2) is 200 Å². The maximum atomic E-state index is 9.64. The molecule has 0 N–H and O–H groups in total. The summed E-state index contributed by atoms with van der Waals surface area (Å²) in [5.74, 6) is 1.77. The molecule has 2 aromatic heterocycles. The summed E-state index contributed by atoms with van der Waals surface area (Å²) in [4.78, 5) is 5.44. The second-order valence-corrected chi connectivity index (χ2v) is 16.1. The minimum atomic E-state index is -0.555. The van der Waals surface area contributed by atoms with E-state index in [1.54, 1.807) is 0 Å². The first kappa shape index (κ1) is 33.7. The third kappa shape index (κ3) is 4.66. The topological polar surface area (TPSA) is 50.8 Å². The van der Waals surface area contributed by atoms with Crippen LogP contribution < -0.4 is 4.74 Å². The van der Waals surface area contributed by atoms with Crippen LogP contribution in [0.4, 0.5) is 0 Å². The van der Waals surface area contributed by atoms with E-state index in [0.29, 0.717) is 5.56 Å². The van der Waals surface area contributed by atoms with Gasteiger partial charge >= 0.3 is 0 Å². The highest BCUT2D eigenvalue weighted by Gasteiger charge is 2.51. The Hall–Kier alpha value is -8.26. The molecular formula is C57H33N3O. The van der Waals surface area contributed by atoms with Crippen LogP contribution in [-0.2, 0) is 5.41 Å². The zero-order chi connectivity index (χ0) is 40.2. The van der Waals surface area contributed by atoms with Gasteiger partial charge in [0.25, 0.3) is 0 Å². The molecule has 4 heteroatoms. The van der Waals surface area contributed by atoms with Gasteiger partial charge in [-0.05, 0) is 112 Å². The van der Waals surface area contributed by atoms with Crippen molar-refractivity contribution in [2.24, 2.45) is 0 Å². The third-order valence-electron chi connectivity index (χ3n) is 13.1. The normalized spacial score (nSPS) is 13.2. The lowest BCUT2D eigenvalue weighted by Gasteiger charge is -2.39. The maximum Gasteiger partial charge on any atom is 0.132 e. The lowest BCUT2D eigenvalue weighted by atomic mass is 9.66. The molecule has 282 valence electrons. The van der Waals surface area contributed by atoms with Crippen molar-refractivity contribution in [2.45, 2.75) is 5.41 Å². The highest BCUT2D eigenvalue weighted by atomic mass is 16.5. The quantitative estimate of drug-likeness (QED) is 0.168. The van der Waals surface area contributed by atoms with Crippen molar-refractivity contribution < 1.29 is 4.74 Å². The van der Waals surface area contributed by atoms with E-state index in [9.17, 15) is 5.26 Å². The molecule has 1 spiro atoms. The average Bonchev–Trinajstić information content (AvgIpc) is 3.80. The first-order chi connectivity index (χ1) is 30.2. The first-order valence-corrected chi connectivity index (χ1v) is 20.7. The van der Waals surface area contributed by atoms with Crippen molar-refractivity contribution in [3.05, 3.63) is 228 Å². The smallest absolute Gasteiger partial charge is 0.132 e. The van der Waals surface area contributed by atoms with E-state index in [1.165, 1.54) is 27.6 Å². The number of rotatable bonds is 3. The van der Waals surface area contributed by atoms with Crippen LogP contribution in [0.25, 0.3) is 82.7 Å². The van der Waals surface area contributed by atoms with Crippen molar-refractivity contribution in [1.29, 1.82) is 5.26 Å². The fraction of sp³-hybridized carbons (Fsp3) is 0.0175. The molecule has 11 aromatic rings. The Morgan fingerprint density at radius 1 is 0.443 bits per heavy atom. The number of nitrogens with zero attached hydrogens (tertiary/aromatic N) is 3. The van der Waals surface area contributed by atoms with Crippen LogP contribution in [-0.4, -0.2) is 9.55 Å². The number of benzene rings is 9. The van der Waals surface area contributed by atoms with E-state index in [2.05, 4.69) is 199 Å². The van der Waals surface area contributed by atoms with Crippen LogP contribution in [0.3, 0.4) is 0 Å². The molecule has 3 heterocycles. The van der Waals surface area contributed by atoms with Gasteiger partial charge in [-0.25, -0.2) is 4.98 Å². The molecular weight excluding hydrogens is 743 g/mol. The average molecular weight is 776 g/mol. The van der Waals surface area contributed by atoms with Crippen LogP contribution >= 0.6 is 0 Å². The molecule has 0 radical (unpaired) electrons. The largest absolute Gasteiger partial charge is 0.457 e. The summed E-state index contributed by atoms with van der Waals surface area (Å²) < 4.78 is 8.91. The molecule has 1 aliphatic carbocycles. The molecule has 4 nitrogen and oxygen atoms in total. The molecule has 0 bridgehead atoms. The predicted octanol–water partition coefficient (Wildman–Crippen LogP) is 14.2. The molecule has 9 aromatic carbocycles. The summed E-state index contributed by atoms with van der Waals surface area (Å²) in [5.41, 5.74) is 15.9. The molecule has 1 aliphatic heterocycles. The van der Waals surface area contributed by atoms with E-state index in [0.717, 1.165) is 88.8 Å². The van der Waals surface area contributed by atoms with Gasteiger partial charge in [0.1, 0.15) is 11.5 Å². The summed E-state index contributed by atoms with van der Waals surface area (Å²) in [6.45, 7) is 0. The van der Waals surface area contributed by atoms with Gasteiger partial charge in [0.15, 0.2) is 0 Å². The summed E-state index contributed by atoms with van der Waals surface area (Å²) in [6, 6.07) is 73.6. The third-order valence-corrected chi connectivity index (χ3v) is 13.1. The van der Waals surface area contributed by atoms with Crippen LogP contribution in [0.1, 0.15) is 27.8 Å². The predicted molar refractivity (Wildman–Crippen MR) is 247 cm³/mol.